The van der Waals surface area contributed by atoms with Gasteiger partial charge in [-0.3, -0.25) is 0 Å². The van der Waals surface area contributed by atoms with Crippen LogP contribution in [0.15, 0.2) is 59.2 Å². The van der Waals surface area contributed by atoms with Crippen LogP contribution in [0.4, 0.5) is 5.69 Å². The second-order valence-corrected chi connectivity index (χ2v) is 7.65. The summed E-state index contributed by atoms with van der Waals surface area (Å²) in [4.78, 5) is 18.6. The molecule has 1 heterocycles. The van der Waals surface area contributed by atoms with Crippen molar-refractivity contribution in [1.82, 2.24) is 0 Å². The van der Waals surface area contributed by atoms with Crippen molar-refractivity contribution in [2.45, 2.75) is 26.2 Å². The van der Waals surface area contributed by atoms with Crippen LogP contribution in [0.5, 0.6) is 0 Å². The summed E-state index contributed by atoms with van der Waals surface area (Å²) in [5.74, 6) is -0.0665. The van der Waals surface area contributed by atoms with Crippen molar-refractivity contribution < 1.29 is 9.53 Å². The predicted octanol–water partition coefficient (Wildman–Crippen LogP) is 4.39. The molecule has 26 heavy (non-hydrogen) atoms. The van der Waals surface area contributed by atoms with Crippen molar-refractivity contribution in [3.63, 3.8) is 0 Å². The zero-order valence-electron chi connectivity index (χ0n) is 15.9. The summed E-state index contributed by atoms with van der Waals surface area (Å²) in [5.41, 5.74) is 4.44. The first-order valence-electron chi connectivity index (χ1n) is 8.65. The van der Waals surface area contributed by atoms with Crippen molar-refractivity contribution in [3.05, 3.63) is 70.9 Å². The molecule has 3 rings (SSSR count). The van der Waals surface area contributed by atoms with E-state index in [9.17, 15) is 4.79 Å². The van der Waals surface area contributed by atoms with Crippen LogP contribution in [0.2, 0.25) is 0 Å². The third-order valence-electron chi connectivity index (χ3n) is 4.33. The molecule has 0 unspecified atom stereocenters. The van der Waals surface area contributed by atoms with Crippen LogP contribution in [0.1, 0.15) is 37.5 Å². The molecule has 4 nitrogen and oxygen atoms in total. The highest BCUT2D eigenvalue weighted by atomic mass is 16.6. The molecule has 1 aliphatic rings. The maximum atomic E-state index is 12.2. The summed E-state index contributed by atoms with van der Waals surface area (Å²) in [6.45, 7) is 6.49. The number of cyclic esters (lactones) is 1. The lowest BCUT2D eigenvalue weighted by molar-refractivity contribution is -0.129. The Morgan fingerprint density at radius 2 is 1.58 bits per heavy atom. The van der Waals surface area contributed by atoms with E-state index in [0.717, 1.165) is 16.8 Å². The number of hydrogen-bond donors (Lipinski definition) is 0. The lowest BCUT2D eigenvalue weighted by Crippen LogP contribution is -2.11. The molecule has 0 aromatic heterocycles. The van der Waals surface area contributed by atoms with Gasteiger partial charge in [0, 0.05) is 25.3 Å². The molecule has 0 saturated heterocycles. The molecule has 0 amide bonds. The fraction of sp³-hybridized carbons (Fsp3) is 0.273. The minimum Gasteiger partial charge on any atom is -0.402 e. The summed E-state index contributed by atoms with van der Waals surface area (Å²) in [7, 11) is 3.98. The summed E-state index contributed by atoms with van der Waals surface area (Å²) >= 11 is 0. The van der Waals surface area contributed by atoms with Gasteiger partial charge in [-0.15, -0.1) is 0 Å². The number of rotatable bonds is 3. The largest absolute Gasteiger partial charge is 0.402 e. The lowest BCUT2D eigenvalue weighted by Gasteiger charge is -2.18. The molecule has 0 atom stereocenters. The van der Waals surface area contributed by atoms with Crippen molar-refractivity contribution in [2.75, 3.05) is 19.0 Å². The highest BCUT2D eigenvalue weighted by Crippen LogP contribution is 2.24. The maximum Gasteiger partial charge on any atom is 0.363 e. The number of anilines is 1. The quantitative estimate of drug-likeness (QED) is 0.610. The maximum absolute atomic E-state index is 12.2. The van der Waals surface area contributed by atoms with Crippen LogP contribution in [0, 0.1) is 0 Å². The van der Waals surface area contributed by atoms with E-state index in [0.29, 0.717) is 11.6 Å². The first kappa shape index (κ1) is 17.9. The van der Waals surface area contributed by atoms with Gasteiger partial charge < -0.3 is 9.64 Å². The second-order valence-electron chi connectivity index (χ2n) is 7.65. The van der Waals surface area contributed by atoms with Gasteiger partial charge in [0.2, 0.25) is 5.90 Å². The number of ether oxygens (including phenoxy) is 1. The number of esters is 1. The molecule has 0 N–H and O–H groups in total. The van der Waals surface area contributed by atoms with Crippen LogP contribution in [0.25, 0.3) is 6.08 Å². The standard InChI is InChI=1S/C22H24N2O2/c1-22(2,3)17-10-8-16(9-11-17)20-23-19(21(25)26-20)14-15-6-12-18(13-7-15)24(4)5/h6-14H,1-5H3. The third kappa shape index (κ3) is 3.85. The second kappa shape index (κ2) is 6.79. The Labute approximate surface area is 154 Å². The highest BCUT2D eigenvalue weighted by Gasteiger charge is 2.24. The normalized spacial score (nSPS) is 15.8. The molecule has 0 spiro atoms. The minimum atomic E-state index is -0.420. The van der Waals surface area contributed by atoms with E-state index in [1.54, 1.807) is 6.08 Å². The highest BCUT2D eigenvalue weighted by molar-refractivity contribution is 6.12. The monoisotopic (exact) mass is 348 g/mol. The first-order valence-corrected chi connectivity index (χ1v) is 8.65. The average Bonchev–Trinajstić information content (AvgIpc) is 2.95. The Morgan fingerprint density at radius 1 is 0.962 bits per heavy atom. The van der Waals surface area contributed by atoms with Crippen molar-refractivity contribution >= 4 is 23.6 Å². The number of nitrogens with zero attached hydrogens (tertiary/aromatic N) is 2. The topological polar surface area (TPSA) is 41.9 Å². The Balaban J connectivity index is 1.84. The first-order chi connectivity index (χ1) is 12.2. The molecule has 0 fully saturated rings. The number of carbonyl (C=O) groups is 1. The van der Waals surface area contributed by atoms with Gasteiger partial charge in [-0.05, 0) is 46.9 Å². The molecule has 134 valence electrons. The van der Waals surface area contributed by atoms with Gasteiger partial charge in [-0.1, -0.05) is 45.0 Å². The van der Waals surface area contributed by atoms with Crippen LogP contribution in [-0.4, -0.2) is 26.0 Å². The van der Waals surface area contributed by atoms with Gasteiger partial charge in [-0.25, -0.2) is 9.79 Å². The fourth-order valence-corrected chi connectivity index (χ4v) is 2.67. The van der Waals surface area contributed by atoms with Crippen molar-refractivity contribution in [1.29, 1.82) is 0 Å². The molecular weight excluding hydrogens is 324 g/mol. The van der Waals surface area contributed by atoms with E-state index in [2.05, 4.69) is 25.8 Å². The van der Waals surface area contributed by atoms with Gasteiger partial charge in [0.15, 0.2) is 5.70 Å². The molecule has 0 bridgehead atoms. The van der Waals surface area contributed by atoms with Crippen LogP contribution < -0.4 is 4.90 Å². The van der Waals surface area contributed by atoms with Crippen LogP contribution >= 0.6 is 0 Å². The van der Waals surface area contributed by atoms with Crippen molar-refractivity contribution in [2.24, 2.45) is 4.99 Å². The smallest absolute Gasteiger partial charge is 0.363 e. The molecule has 2 aromatic rings. The fourth-order valence-electron chi connectivity index (χ4n) is 2.67. The van der Waals surface area contributed by atoms with Crippen LogP contribution in [-0.2, 0) is 14.9 Å². The third-order valence-corrected chi connectivity index (χ3v) is 4.33. The Morgan fingerprint density at radius 3 is 2.12 bits per heavy atom. The zero-order chi connectivity index (χ0) is 18.9. The van der Waals surface area contributed by atoms with Crippen molar-refractivity contribution in [3.8, 4) is 0 Å². The molecule has 1 aliphatic heterocycles. The van der Waals surface area contributed by atoms with Gasteiger partial charge in [-0.2, -0.15) is 0 Å². The molecular formula is C22H24N2O2. The molecule has 4 heteroatoms. The Bertz CT molecular complexity index is 868. The van der Waals surface area contributed by atoms with E-state index in [4.69, 9.17) is 4.74 Å². The summed E-state index contributed by atoms with van der Waals surface area (Å²) in [6, 6.07) is 15.9. The van der Waals surface area contributed by atoms with Gasteiger partial charge >= 0.3 is 5.97 Å². The number of aliphatic imine (C=N–C) groups is 1. The SMILES string of the molecule is CN(C)c1ccc(C=C2N=C(c3ccc(C(C)(C)C)cc3)OC2=O)cc1. The van der Waals surface area contributed by atoms with Gasteiger partial charge in [0.1, 0.15) is 0 Å². The average molecular weight is 348 g/mol. The van der Waals surface area contributed by atoms with E-state index < -0.39 is 5.97 Å². The Hall–Kier alpha value is -2.88. The van der Waals surface area contributed by atoms with E-state index in [-0.39, 0.29) is 5.41 Å². The van der Waals surface area contributed by atoms with Gasteiger partial charge in [0.05, 0.1) is 0 Å². The van der Waals surface area contributed by atoms with Crippen LogP contribution in [0.3, 0.4) is 0 Å². The Kier molecular flexibility index (Phi) is 4.68. The molecule has 0 saturated carbocycles. The summed E-state index contributed by atoms with van der Waals surface area (Å²) in [5, 5.41) is 0. The minimum absolute atomic E-state index is 0.0798. The van der Waals surface area contributed by atoms with E-state index in [1.165, 1.54) is 5.56 Å². The molecule has 2 aromatic carbocycles. The van der Waals surface area contributed by atoms with Gasteiger partial charge in [0.25, 0.3) is 0 Å². The molecule has 0 radical (unpaired) electrons. The number of benzene rings is 2. The summed E-state index contributed by atoms with van der Waals surface area (Å²) < 4.78 is 5.35. The molecule has 0 aliphatic carbocycles. The van der Waals surface area contributed by atoms with E-state index in [1.807, 2.05) is 67.5 Å². The number of carbonyl (C=O) groups excluding carboxylic acids is 1. The predicted molar refractivity (Wildman–Crippen MR) is 107 cm³/mol. The van der Waals surface area contributed by atoms with E-state index >= 15 is 0 Å². The number of hydrogen-bond acceptors (Lipinski definition) is 4. The zero-order valence-corrected chi connectivity index (χ0v) is 15.9. The summed E-state index contributed by atoms with van der Waals surface area (Å²) in [6.07, 6.45) is 1.75. The lowest BCUT2D eigenvalue weighted by atomic mass is 9.87.